The largest absolute Gasteiger partial charge is 0.305 e. The van der Waals surface area contributed by atoms with Gasteiger partial charge in [-0.3, -0.25) is 0 Å². The standard InChI is InChI=1S/C41H40GeNS.C11H8N.Ir/c1-25(2)34-22-28(27-14-9-8-10-15-27)23-35(26(3)4)38(34)39-32-16-11-12-19-36(32)43-40(39)33-18-13-17-31-30-21-20-29(42(5,6)7)24-37(30)44-41(31)33;1-2-6-10(7-3-1)11-8-4-5-9-12-11;/h8-17,19-26,39H,1-7H3;1-6,8-9H;/q2*-1;. The van der Waals surface area contributed by atoms with Crippen LogP contribution in [0.5, 0.6) is 0 Å². The second-order valence-electron chi connectivity index (χ2n) is 16.4. The summed E-state index contributed by atoms with van der Waals surface area (Å²) in [6.45, 7) is 9.36. The number of para-hydroxylation sites is 1. The Hall–Kier alpha value is -4.45. The van der Waals surface area contributed by atoms with Crippen molar-refractivity contribution in [3.8, 4) is 22.4 Å². The Labute approximate surface area is 358 Å². The van der Waals surface area contributed by atoms with Crippen molar-refractivity contribution in [2.75, 3.05) is 0 Å². The minimum atomic E-state index is -1.96. The van der Waals surface area contributed by atoms with Gasteiger partial charge in [-0.05, 0) is 17.3 Å². The Morgan fingerprint density at radius 2 is 1.35 bits per heavy atom. The van der Waals surface area contributed by atoms with Crippen LogP contribution >= 0.6 is 11.3 Å². The van der Waals surface area contributed by atoms with Crippen LogP contribution in [0.25, 0.3) is 42.6 Å². The molecule has 9 rings (SSSR count). The van der Waals surface area contributed by atoms with E-state index in [4.69, 9.17) is 4.99 Å². The molecule has 0 N–H and O–H groups in total. The van der Waals surface area contributed by atoms with Gasteiger partial charge in [0.1, 0.15) is 0 Å². The Morgan fingerprint density at radius 1 is 0.649 bits per heavy atom. The number of nitrogens with zero attached hydrogens (tertiary/aromatic N) is 2. The summed E-state index contributed by atoms with van der Waals surface area (Å²) in [5.41, 5.74) is 13.5. The number of rotatable bonds is 7. The Balaban J connectivity index is 0.000000326. The van der Waals surface area contributed by atoms with Gasteiger partial charge >= 0.3 is 234 Å². The second-order valence-corrected chi connectivity index (χ2v) is 28.1. The topological polar surface area (TPSA) is 25.2 Å². The maximum absolute atomic E-state index is 5.44. The number of aliphatic imine (C=N–C) groups is 1. The first-order valence-corrected chi connectivity index (χ1v) is 27.9. The van der Waals surface area contributed by atoms with Crippen LogP contribution in [-0.2, 0) is 20.1 Å². The molecule has 1 aliphatic heterocycles. The number of aromatic nitrogens is 1. The number of benzene rings is 6. The number of thiophene rings is 1. The molecule has 8 aromatic rings. The molecular formula is C52H48GeIrN2S-2. The Morgan fingerprint density at radius 3 is 2.02 bits per heavy atom. The van der Waals surface area contributed by atoms with Gasteiger partial charge in [-0.1, -0.05) is 42.5 Å². The average molecular weight is 998 g/mol. The predicted octanol–water partition coefficient (Wildman–Crippen LogP) is 14.1. The molecule has 1 aliphatic rings. The van der Waals surface area contributed by atoms with Gasteiger partial charge in [0.25, 0.3) is 0 Å². The maximum atomic E-state index is 5.44. The van der Waals surface area contributed by atoms with Crippen molar-refractivity contribution in [1.82, 2.24) is 4.98 Å². The zero-order valence-electron chi connectivity index (χ0n) is 33.7. The van der Waals surface area contributed by atoms with E-state index in [0.717, 1.165) is 28.2 Å². The van der Waals surface area contributed by atoms with Crippen LogP contribution in [0.3, 0.4) is 0 Å². The van der Waals surface area contributed by atoms with E-state index in [1.54, 1.807) is 10.6 Å². The van der Waals surface area contributed by atoms with Gasteiger partial charge in [0.15, 0.2) is 0 Å². The normalized spacial score (nSPS) is 13.6. The molecule has 1 atom stereocenters. The van der Waals surface area contributed by atoms with E-state index in [2.05, 4.69) is 159 Å². The smallest absolute Gasteiger partial charge is 0.0160 e. The summed E-state index contributed by atoms with van der Waals surface area (Å²) < 4.78 is 4.24. The molecule has 5 heteroatoms. The molecule has 0 saturated carbocycles. The van der Waals surface area contributed by atoms with Crippen molar-refractivity contribution < 1.29 is 20.1 Å². The maximum Gasteiger partial charge on any atom is 0.0160 e. The van der Waals surface area contributed by atoms with Gasteiger partial charge in [0.05, 0.1) is 0 Å². The molecule has 1 unspecified atom stereocenters. The van der Waals surface area contributed by atoms with Gasteiger partial charge in [-0.15, -0.1) is 35.9 Å². The Bertz CT molecular complexity index is 2610. The second kappa shape index (κ2) is 17.2. The van der Waals surface area contributed by atoms with Gasteiger partial charge in [0, 0.05) is 26.3 Å². The molecule has 0 aliphatic carbocycles. The number of fused-ring (bicyclic) bond motifs is 4. The molecule has 0 spiro atoms. The summed E-state index contributed by atoms with van der Waals surface area (Å²) in [6, 6.07) is 56.6. The summed E-state index contributed by atoms with van der Waals surface area (Å²) in [4.78, 5) is 9.66. The quantitative estimate of drug-likeness (QED) is 0.115. The molecule has 287 valence electrons. The summed E-state index contributed by atoms with van der Waals surface area (Å²) in [7, 11) is 0. The first-order chi connectivity index (χ1) is 27.1. The molecule has 57 heavy (non-hydrogen) atoms. The molecule has 0 saturated heterocycles. The van der Waals surface area contributed by atoms with E-state index in [-0.39, 0.29) is 26.0 Å². The molecule has 2 aromatic heterocycles. The van der Waals surface area contributed by atoms with E-state index in [0.29, 0.717) is 11.8 Å². The van der Waals surface area contributed by atoms with Crippen LogP contribution in [0.15, 0.2) is 151 Å². The van der Waals surface area contributed by atoms with E-state index in [9.17, 15) is 0 Å². The first kappa shape index (κ1) is 40.7. The number of pyridine rings is 1. The summed E-state index contributed by atoms with van der Waals surface area (Å²) in [5.74, 6) is 8.22. The fourth-order valence-electron chi connectivity index (χ4n) is 7.93. The Kier molecular flexibility index (Phi) is 12.3. The van der Waals surface area contributed by atoms with E-state index in [1.807, 2.05) is 53.8 Å². The monoisotopic (exact) mass is 999 g/mol. The van der Waals surface area contributed by atoms with Crippen molar-refractivity contribution >= 4 is 60.6 Å². The van der Waals surface area contributed by atoms with Crippen LogP contribution in [0, 0.1) is 12.1 Å². The zero-order chi connectivity index (χ0) is 39.0. The predicted molar refractivity (Wildman–Crippen MR) is 244 cm³/mol. The van der Waals surface area contributed by atoms with Crippen LogP contribution in [0.4, 0.5) is 5.69 Å². The van der Waals surface area contributed by atoms with Crippen molar-refractivity contribution in [2.45, 2.75) is 62.7 Å². The summed E-state index contributed by atoms with van der Waals surface area (Å²) in [6.07, 6.45) is 1.79. The minimum absolute atomic E-state index is 0. The first-order valence-electron chi connectivity index (χ1n) is 19.7. The third-order valence-corrected chi connectivity index (χ3v) is 16.3. The molecule has 2 nitrogen and oxygen atoms in total. The van der Waals surface area contributed by atoms with Crippen LogP contribution < -0.4 is 4.40 Å². The molecule has 3 heterocycles. The average Bonchev–Trinajstić information content (AvgIpc) is 3.79. The minimum Gasteiger partial charge on any atom is -0.305 e. The van der Waals surface area contributed by atoms with Gasteiger partial charge in [-0.2, -0.15) is 0 Å². The van der Waals surface area contributed by atoms with E-state index >= 15 is 0 Å². The van der Waals surface area contributed by atoms with Crippen LogP contribution in [0.1, 0.15) is 73.3 Å². The SMILES string of the molecule is CC(C)c1cc(-c2ccccc2)cc(C(C)C)c1C1C(c2[c-]ccc3c2sc2c[c]([Ge]([CH3])([CH3])[CH3])ccc23)=Nc2ccccc21.[Ir].[c-]1ccccc1-c1ccccn1. The molecule has 0 amide bonds. The summed E-state index contributed by atoms with van der Waals surface area (Å²) >= 11 is -0.0409. The fourth-order valence-corrected chi connectivity index (χ4v) is 11.8. The molecule has 0 fully saturated rings. The number of hydrogen-bond donors (Lipinski definition) is 0. The molecule has 0 bridgehead atoms. The van der Waals surface area contributed by atoms with Crippen molar-refractivity contribution in [1.29, 1.82) is 0 Å². The number of hydrogen-bond acceptors (Lipinski definition) is 3. The zero-order valence-corrected chi connectivity index (χ0v) is 39.0. The summed E-state index contributed by atoms with van der Waals surface area (Å²) in [5, 5.41) is 2.66. The molecule has 6 aromatic carbocycles. The third kappa shape index (κ3) is 8.29. The van der Waals surface area contributed by atoms with Gasteiger partial charge < -0.3 is 4.98 Å². The van der Waals surface area contributed by atoms with E-state index < -0.39 is 13.3 Å². The molecular weight excluding hydrogens is 949 g/mol. The van der Waals surface area contributed by atoms with Gasteiger partial charge in [-0.25, -0.2) is 0 Å². The fraction of sp³-hybridized carbons (Fsp3) is 0.192. The van der Waals surface area contributed by atoms with Crippen LogP contribution in [0.2, 0.25) is 17.3 Å². The molecule has 1 radical (unpaired) electrons. The third-order valence-electron chi connectivity index (χ3n) is 10.9. The van der Waals surface area contributed by atoms with E-state index in [1.165, 1.54) is 53.6 Å². The van der Waals surface area contributed by atoms with Gasteiger partial charge in [0.2, 0.25) is 0 Å². The van der Waals surface area contributed by atoms with Crippen molar-refractivity contribution in [2.24, 2.45) is 4.99 Å². The van der Waals surface area contributed by atoms with Crippen molar-refractivity contribution in [3.63, 3.8) is 0 Å². The van der Waals surface area contributed by atoms with Crippen LogP contribution in [-0.4, -0.2) is 24.0 Å². The van der Waals surface area contributed by atoms with Crippen molar-refractivity contribution in [3.05, 3.63) is 186 Å².